The molecule has 0 spiro atoms. The van der Waals surface area contributed by atoms with Crippen molar-refractivity contribution >= 4 is 44.1 Å². The Balaban J connectivity index is 0.00000272. The van der Waals surface area contributed by atoms with Gasteiger partial charge in [0.25, 0.3) is 0 Å². The van der Waals surface area contributed by atoms with Gasteiger partial charge in [-0.25, -0.2) is 13.1 Å². The topological polar surface area (TPSA) is 107 Å². The first kappa shape index (κ1) is 23.0. The van der Waals surface area contributed by atoms with Crippen LogP contribution < -0.4 is 10.0 Å². The maximum atomic E-state index is 12.7. The highest BCUT2D eigenvalue weighted by Gasteiger charge is 2.17. The average molecular weight is 461 g/mol. The quantitative estimate of drug-likeness (QED) is 0.302. The lowest BCUT2D eigenvalue weighted by atomic mass is 10.1. The van der Waals surface area contributed by atoms with Crippen LogP contribution in [0.1, 0.15) is 12.5 Å². The van der Waals surface area contributed by atoms with E-state index in [0.717, 1.165) is 33.7 Å². The number of fused-ring (bicyclic) bond motifs is 2. The Morgan fingerprint density at radius 3 is 2.81 bits per heavy atom. The molecule has 4 rings (SSSR count). The highest BCUT2D eigenvalue weighted by molar-refractivity contribution is 7.89. The number of phenols is 1. The van der Waals surface area contributed by atoms with Gasteiger partial charge in [0.2, 0.25) is 10.0 Å². The lowest BCUT2D eigenvalue weighted by Crippen LogP contribution is -2.40. The van der Waals surface area contributed by atoms with E-state index in [4.69, 9.17) is 0 Å². The second-order valence-corrected chi connectivity index (χ2v) is 9.12. The molecular weight excluding hydrogens is 436 g/mol. The Hall–Kier alpha value is -2.65. The molecule has 0 saturated carbocycles. The molecule has 0 aliphatic rings. The molecule has 4 N–H and O–H groups in total. The van der Waals surface area contributed by atoms with Crippen LogP contribution in [0.2, 0.25) is 0 Å². The Morgan fingerprint density at radius 1 is 1.13 bits per heavy atom. The van der Waals surface area contributed by atoms with Crippen LogP contribution in [0.25, 0.3) is 21.7 Å². The van der Waals surface area contributed by atoms with Crippen LogP contribution in [0.4, 0.5) is 0 Å². The zero-order chi connectivity index (χ0) is 21.1. The third kappa shape index (κ3) is 5.34. The van der Waals surface area contributed by atoms with E-state index in [2.05, 4.69) is 20.0 Å². The number of sulfonamides is 1. The van der Waals surface area contributed by atoms with Gasteiger partial charge in [0.05, 0.1) is 4.90 Å². The van der Waals surface area contributed by atoms with E-state index >= 15 is 0 Å². The second-order valence-electron chi connectivity index (χ2n) is 7.40. The first-order valence-corrected chi connectivity index (χ1v) is 11.3. The lowest BCUT2D eigenvalue weighted by Gasteiger charge is -2.15. The average Bonchev–Trinajstić information content (AvgIpc) is 3.12. The molecule has 0 bridgehead atoms. The number of halogens is 1. The molecule has 0 fully saturated rings. The zero-order valence-electron chi connectivity index (χ0n) is 17.0. The molecule has 7 nitrogen and oxygen atoms in total. The fourth-order valence-electron chi connectivity index (χ4n) is 3.52. The number of hydrogen-bond donors (Lipinski definition) is 4. The number of H-pyrrole nitrogens is 1. The first-order valence-electron chi connectivity index (χ1n) is 9.78. The molecule has 4 aromatic rings. The smallest absolute Gasteiger partial charge is 0.240 e. The fraction of sp³-hybridized carbons (Fsp3) is 0.227. The largest absolute Gasteiger partial charge is 0.508 e. The molecule has 0 saturated heterocycles. The monoisotopic (exact) mass is 460 g/mol. The SMILES string of the molecule is CC(CNCCc1c[nH]c2ccc(O)cc12)NS(=O)(=O)c1ccc2cnccc2c1.Cl. The molecule has 1 unspecified atom stereocenters. The first-order chi connectivity index (χ1) is 14.4. The van der Waals surface area contributed by atoms with Gasteiger partial charge < -0.3 is 15.4 Å². The number of phenolic OH excluding ortho intramolecular Hbond substituents is 1. The number of aromatic hydroxyl groups is 1. The summed E-state index contributed by atoms with van der Waals surface area (Å²) in [6.45, 7) is 3.03. The molecular formula is C22H25ClN4O3S. The summed E-state index contributed by atoms with van der Waals surface area (Å²) < 4.78 is 28.1. The Morgan fingerprint density at radius 2 is 1.97 bits per heavy atom. The maximum absolute atomic E-state index is 12.7. The number of pyridine rings is 1. The van der Waals surface area contributed by atoms with Crippen LogP contribution in [-0.4, -0.2) is 42.6 Å². The second kappa shape index (κ2) is 9.65. The van der Waals surface area contributed by atoms with Crippen LogP contribution >= 0.6 is 12.4 Å². The summed E-state index contributed by atoms with van der Waals surface area (Å²) in [5, 5.41) is 15.7. The van der Waals surface area contributed by atoms with E-state index in [1.165, 1.54) is 0 Å². The van der Waals surface area contributed by atoms with Crippen molar-refractivity contribution in [1.82, 2.24) is 20.0 Å². The number of aromatic nitrogens is 2. The summed E-state index contributed by atoms with van der Waals surface area (Å²) in [4.78, 5) is 7.48. The molecule has 0 amide bonds. The number of nitrogens with zero attached hydrogens (tertiary/aromatic N) is 1. The molecule has 9 heteroatoms. The number of rotatable bonds is 8. The Bertz CT molecular complexity index is 1290. The van der Waals surface area contributed by atoms with Crippen molar-refractivity contribution in [3.05, 3.63) is 66.6 Å². The Labute approximate surface area is 187 Å². The summed E-state index contributed by atoms with van der Waals surface area (Å²) in [6, 6.07) is 11.8. The third-order valence-corrected chi connectivity index (χ3v) is 6.64. The van der Waals surface area contributed by atoms with E-state index in [-0.39, 0.29) is 29.1 Å². The number of aromatic amines is 1. The standard InChI is InChI=1S/C22H24N4O3S.ClH/c1-15(12-23-9-7-18-14-25-22-5-3-19(27)11-21(18)22)26-30(28,29)20-4-2-17-13-24-8-6-16(17)10-20;/h2-6,8,10-11,13-15,23,25-27H,7,9,12H2,1H3;1H. The van der Waals surface area contributed by atoms with E-state index in [1.54, 1.807) is 48.8 Å². The van der Waals surface area contributed by atoms with Gasteiger partial charge in [-0.05, 0) is 67.2 Å². The summed E-state index contributed by atoms with van der Waals surface area (Å²) in [7, 11) is -3.61. The van der Waals surface area contributed by atoms with E-state index in [0.29, 0.717) is 13.1 Å². The van der Waals surface area contributed by atoms with E-state index in [9.17, 15) is 13.5 Å². The van der Waals surface area contributed by atoms with Crippen LogP contribution in [0.3, 0.4) is 0 Å². The molecule has 164 valence electrons. The van der Waals surface area contributed by atoms with Crippen LogP contribution in [0.5, 0.6) is 5.75 Å². The van der Waals surface area contributed by atoms with Crippen LogP contribution in [-0.2, 0) is 16.4 Å². The summed E-state index contributed by atoms with van der Waals surface area (Å²) in [5.41, 5.74) is 2.09. The Kier molecular flexibility index (Phi) is 7.17. The van der Waals surface area contributed by atoms with Crippen molar-refractivity contribution in [2.45, 2.75) is 24.3 Å². The molecule has 1 atom stereocenters. The minimum absolute atomic E-state index is 0. The van der Waals surface area contributed by atoms with E-state index < -0.39 is 10.0 Å². The van der Waals surface area contributed by atoms with Crippen molar-refractivity contribution in [2.24, 2.45) is 0 Å². The van der Waals surface area contributed by atoms with Gasteiger partial charge in [0.15, 0.2) is 0 Å². The molecule has 0 aliphatic heterocycles. The van der Waals surface area contributed by atoms with E-state index in [1.807, 2.05) is 19.2 Å². The van der Waals surface area contributed by atoms with Gasteiger partial charge in [0.1, 0.15) is 5.75 Å². The minimum Gasteiger partial charge on any atom is -0.508 e. The van der Waals surface area contributed by atoms with Gasteiger partial charge in [0, 0.05) is 47.5 Å². The molecule has 31 heavy (non-hydrogen) atoms. The zero-order valence-corrected chi connectivity index (χ0v) is 18.6. The van der Waals surface area contributed by atoms with Crippen molar-refractivity contribution in [2.75, 3.05) is 13.1 Å². The van der Waals surface area contributed by atoms with Gasteiger partial charge in [-0.15, -0.1) is 12.4 Å². The van der Waals surface area contributed by atoms with Gasteiger partial charge in [-0.3, -0.25) is 4.98 Å². The summed E-state index contributed by atoms with van der Waals surface area (Å²) >= 11 is 0. The van der Waals surface area contributed by atoms with Crippen molar-refractivity contribution in [1.29, 1.82) is 0 Å². The molecule has 2 heterocycles. The molecule has 2 aromatic heterocycles. The number of nitrogens with one attached hydrogen (secondary N) is 3. The minimum atomic E-state index is -3.61. The summed E-state index contributed by atoms with van der Waals surface area (Å²) in [5.74, 6) is 0.240. The van der Waals surface area contributed by atoms with Gasteiger partial charge >= 0.3 is 0 Å². The van der Waals surface area contributed by atoms with Crippen LogP contribution in [0.15, 0.2) is 66.0 Å². The number of benzene rings is 2. The molecule has 0 aliphatic carbocycles. The lowest BCUT2D eigenvalue weighted by molar-refractivity contribution is 0.476. The predicted molar refractivity (Wildman–Crippen MR) is 125 cm³/mol. The third-order valence-electron chi connectivity index (χ3n) is 5.05. The molecule has 0 radical (unpaired) electrons. The van der Waals surface area contributed by atoms with Gasteiger partial charge in [-0.1, -0.05) is 6.07 Å². The van der Waals surface area contributed by atoms with Crippen molar-refractivity contribution in [3.8, 4) is 5.75 Å². The van der Waals surface area contributed by atoms with Crippen molar-refractivity contribution in [3.63, 3.8) is 0 Å². The maximum Gasteiger partial charge on any atom is 0.240 e. The van der Waals surface area contributed by atoms with Crippen molar-refractivity contribution < 1.29 is 13.5 Å². The van der Waals surface area contributed by atoms with Gasteiger partial charge in [-0.2, -0.15) is 0 Å². The van der Waals surface area contributed by atoms with Crippen LogP contribution in [0, 0.1) is 0 Å². The normalized spacial score (nSPS) is 12.7. The highest BCUT2D eigenvalue weighted by Crippen LogP contribution is 2.23. The molecule has 2 aromatic carbocycles. The predicted octanol–water partition coefficient (Wildman–Crippen LogP) is 3.34. The fourth-order valence-corrected chi connectivity index (χ4v) is 4.80. The number of hydrogen-bond acceptors (Lipinski definition) is 5. The summed E-state index contributed by atoms with van der Waals surface area (Å²) in [6.07, 6.45) is 6.06. The highest BCUT2D eigenvalue weighted by atomic mass is 35.5.